The predicted octanol–water partition coefficient (Wildman–Crippen LogP) is 4.39. The molecule has 6 heteroatoms. The molecule has 0 spiro atoms. The highest BCUT2D eigenvalue weighted by Gasteiger charge is 2.16. The molecule has 4 rings (SSSR count). The maximum absolute atomic E-state index is 12.0. The van der Waals surface area contributed by atoms with Crippen LogP contribution in [0, 0.1) is 13.8 Å². The Morgan fingerprint density at radius 1 is 0.968 bits per heavy atom. The van der Waals surface area contributed by atoms with Crippen LogP contribution in [-0.2, 0) is 6.54 Å². The average molecular weight is 440 g/mol. The van der Waals surface area contributed by atoms with Crippen molar-refractivity contribution in [3.63, 3.8) is 0 Å². The highest BCUT2D eigenvalue weighted by molar-refractivity contribution is 6.30. The summed E-state index contributed by atoms with van der Waals surface area (Å²) < 4.78 is 5.96. The fourth-order valence-electron chi connectivity index (χ4n) is 4.13. The Hall–Kier alpha value is -2.34. The second-order valence-electron chi connectivity index (χ2n) is 8.36. The third-order valence-corrected chi connectivity index (χ3v) is 6.47. The van der Waals surface area contributed by atoms with Crippen LogP contribution >= 0.6 is 11.6 Å². The second-order valence-corrected chi connectivity index (χ2v) is 8.79. The molecule has 1 N–H and O–H groups in total. The Morgan fingerprint density at radius 2 is 1.68 bits per heavy atom. The summed E-state index contributed by atoms with van der Waals surface area (Å²) in [5, 5.41) is 1.86. The summed E-state index contributed by atoms with van der Waals surface area (Å²) in [7, 11) is 0. The van der Waals surface area contributed by atoms with Crippen molar-refractivity contribution in [2.75, 3.05) is 39.3 Å². The van der Waals surface area contributed by atoms with Crippen LogP contribution in [0.1, 0.15) is 23.1 Å². The van der Waals surface area contributed by atoms with Gasteiger partial charge in [-0.2, -0.15) is 0 Å². The first-order valence-corrected chi connectivity index (χ1v) is 11.3. The summed E-state index contributed by atoms with van der Waals surface area (Å²) in [5.41, 5.74) is 3.92. The molecule has 164 valence electrons. The zero-order chi connectivity index (χ0) is 21.8. The fourth-order valence-corrected chi connectivity index (χ4v) is 4.26. The van der Waals surface area contributed by atoms with Crippen molar-refractivity contribution in [2.45, 2.75) is 26.8 Å². The van der Waals surface area contributed by atoms with Crippen molar-refractivity contribution in [1.82, 2.24) is 14.8 Å². The highest BCUT2D eigenvalue weighted by Crippen LogP contribution is 2.22. The molecular weight excluding hydrogens is 410 g/mol. The Morgan fingerprint density at radius 3 is 2.42 bits per heavy atom. The molecule has 31 heavy (non-hydrogen) atoms. The number of H-pyrrole nitrogens is 1. The topological polar surface area (TPSA) is 48.6 Å². The first-order valence-electron chi connectivity index (χ1n) is 10.9. The Kier molecular flexibility index (Phi) is 6.96. The number of piperazine rings is 1. The first-order chi connectivity index (χ1) is 15.0. The zero-order valence-corrected chi connectivity index (χ0v) is 19.0. The number of fused-ring (bicyclic) bond motifs is 1. The molecule has 1 aliphatic heterocycles. The smallest absolute Gasteiger partial charge is 0.251 e. The number of ether oxygens (including phenoxy) is 1. The van der Waals surface area contributed by atoms with Gasteiger partial charge in [-0.1, -0.05) is 23.7 Å². The number of aryl methyl sites for hydroxylation is 1. The van der Waals surface area contributed by atoms with E-state index in [1.54, 1.807) is 0 Å². The van der Waals surface area contributed by atoms with Crippen molar-refractivity contribution < 1.29 is 4.74 Å². The number of nitrogens with zero attached hydrogens (tertiary/aromatic N) is 2. The first kappa shape index (κ1) is 21.9. The molecule has 3 aromatic rings. The third-order valence-electron chi connectivity index (χ3n) is 6.22. The van der Waals surface area contributed by atoms with Gasteiger partial charge in [-0.15, -0.1) is 0 Å². The number of aromatic amines is 1. The van der Waals surface area contributed by atoms with E-state index in [1.807, 2.05) is 44.2 Å². The molecule has 1 aliphatic rings. The van der Waals surface area contributed by atoms with Crippen molar-refractivity contribution in [3.05, 3.63) is 74.5 Å². The van der Waals surface area contributed by atoms with E-state index >= 15 is 0 Å². The van der Waals surface area contributed by atoms with Crippen LogP contribution in [0.5, 0.6) is 5.75 Å². The summed E-state index contributed by atoms with van der Waals surface area (Å²) in [4.78, 5) is 20.0. The van der Waals surface area contributed by atoms with Crippen molar-refractivity contribution in [2.24, 2.45) is 0 Å². The van der Waals surface area contributed by atoms with E-state index in [9.17, 15) is 4.79 Å². The van der Waals surface area contributed by atoms with E-state index in [0.29, 0.717) is 6.61 Å². The monoisotopic (exact) mass is 439 g/mol. The summed E-state index contributed by atoms with van der Waals surface area (Å²) in [6, 6.07) is 14.1. The molecule has 0 aliphatic carbocycles. The highest BCUT2D eigenvalue weighted by atomic mass is 35.5. The summed E-state index contributed by atoms with van der Waals surface area (Å²) in [6.07, 6.45) is 0.985. The Labute approximate surface area is 188 Å². The van der Waals surface area contributed by atoms with Gasteiger partial charge >= 0.3 is 0 Å². The van der Waals surface area contributed by atoms with Crippen molar-refractivity contribution >= 4 is 22.5 Å². The minimum Gasteiger partial charge on any atom is -0.493 e. The van der Waals surface area contributed by atoms with Gasteiger partial charge in [0.2, 0.25) is 0 Å². The summed E-state index contributed by atoms with van der Waals surface area (Å²) in [5.74, 6) is 0.805. The van der Waals surface area contributed by atoms with Gasteiger partial charge < -0.3 is 14.6 Å². The molecule has 1 fully saturated rings. The molecule has 0 unspecified atom stereocenters. The van der Waals surface area contributed by atoms with Crippen LogP contribution in [0.25, 0.3) is 10.9 Å². The Balaban J connectivity index is 1.20. The minimum atomic E-state index is -0.0302. The molecule has 0 radical (unpaired) electrons. The van der Waals surface area contributed by atoms with E-state index in [4.69, 9.17) is 16.3 Å². The number of benzene rings is 2. The van der Waals surface area contributed by atoms with Crippen LogP contribution < -0.4 is 10.3 Å². The van der Waals surface area contributed by atoms with Crippen LogP contribution in [0.3, 0.4) is 0 Å². The van der Waals surface area contributed by atoms with E-state index in [-0.39, 0.29) is 5.56 Å². The number of hydrogen-bond donors (Lipinski definition) is 1. The van der Waals surface area contributed by atoms with Gasteiger partial charge in [-0.3, -0.25) is 9.69 Å². The molecule has 5 nitrogen and oxygen atoms in total. The molecule has 1 aromatic heterocycles. The lowest BCUT2D eigenvalue weighted by Gasteiger charge is -2.34. The van der Waals surface area contributed by atoms with Gasteiger partial charge in [0.05, 0.1) is 12.1 Å². The van der Waals surface area contributed by atoms with Gasteiger partial charge in [-0.25, -0.2) is 0 Å². The molecule has 0 bridgehead atoms. The van der Waals surface area contributed by atoms with Gasteiger partial charge in [0.15, 0.2) is 0 Å². The standard InChI is InChI=1S/C25H30ClN3O2/c1-18-19(2)25(30)27-24-16-22(8-9-23(18)24)31-15-3-10-28-11-13-29(14-12-28)17-20-4-6-21(26)7-5-20/h4-9,16H,3,10-15,17H2,1-2H3,(H,27,30). The lowest BCUT2D eigenvalue weighted by molar-refractivity contribution is 0.121. The van der Waals surface area contributed by atoms with E-state index in [2.05, 4.69) is 26.9 Å². The molecule has 0 amide bonds. The van der Waals surface area contributed by atoms with Crippen LogP contribution in [0.4, 0.5) is 0 Å². The molecule has 2 aromatic carbocycles. The average Bonchev–Trinajstić information content (AvgIpc) is 2.78. The summed E-state index contributed by atoms with van der Waals surface area (Å²) >= 11 is 5.97. The number of halogens is 1. The van der Waals surface area contributed by atoms with Gasteiger partial charge in [0.1, 0.15) is 5.75 Å². The number of pyridine rings is 1. The van der Waals surface area contributed by atoms with Crippen LogP contribution in [-0.4, -0.2) is 54.1 Å². The summed E-state index contributed by atoms with van der Waals surface area (Å²) in [6.45, 7) is 10.9. The molecule has 1 saturated heterocycles. The molecule has 0 saturated carbocycles. The van der Waals surface area contributed by atoms with Gasteiger partial charge in [-0.05, 0) is 55.7 Å². The maximum atomic E-state index is 12.0. The number of rotatable bonds is 7. The van der Waals surface area contributed by atoms with E-state index < -0.39 is 0 Å². The van der Waals surface area contributed by atoms with E-state index in [0.717, 1.165) is 78.5 Å². The van der Waals surface area contributed by atoms with Crippen LogP contribution in [0.15, 0.2) is 47.3 Å². The minimum absolute atomic E-state index is 0.0302. The normalized spacial score (nSPS) is 15.5. The number of nitrogens with one attached hydrogen (secondary N) is 1. The third kappa shape index (κ3) is 5.48. The van der Waals surface area contributed by atoms with Crippen LogP contribution in [0.2, 0.25) is 5.02 Å². The van der Waals surface area contributed by atoms with Crippen molar-refractivity contribution in [1.29, 1.82) is 0 Å². The lowest BCUT2D eigenvalue weighted by Crippen LogP contribution is -2.46. The van der Waals surface area contributed by atoms with Gasteiger partial charge in [0, 0.05) is 61.3 Å². The number of hydrogen-bond acceptors (Lipinski definition) is 4. The quantitative estimate of drug-likeness (QED) is 0.555. The fraction of sp³-hybridized carbons (Fsp3) is 0.400. The second kappa shape index (κ2) is 9.86. The Bertz CT molecular complexity index is 1090. The van der Waals surface area contributed by atoms with E-state index in [1.165, 1.54) is 5.56 Å². The SMILES string of the molecule is Cc1c(C)c2ccc(OCCCN3CCN(Cc4ccc(Cl)cc4)CC3)cc2[nH]c1=O. The zero-order valence-electron chi connectivity index (χ0n) is 18.3. The largest absolute Gasteiger partial charge is 0.493 e. The van der Waals surface area contributed by atoms with Crippen molar-refractivity contribution in [3.8, 4) is 5.75 Å². The maximum Gasteiger partial charge on any atom is 0.251 e. The molecule has 0 atom stereocenters. The predicted molar refractivity (Wildman–Crippen MR) is 127 cm³/mol. The molecular formula is C25H30ClN3O2. The molecule has 2 heterocycles. The lowest BCUT2D eigenvalue weighted by atomic mass is 10.1. The van der Waals surface area contributed by atoms with Gasteiger partial charge in [0.25, 0.3) is 5.56 Å². The number of aromatic nitrogens is 1.